The largest absolute Gasteiger partial charge is 0.299 e. The zero-order valence-electron chi connectivity index (χ0n) is 16.5. The lowest BCUT2D eigenvalue weighted by molar-refractivity contribution is 1.06. The fraction of sp³-hybridized carbons (Fsp3) is 0.0357. The van der Waals surface area contributed by atoms with Crippen LogP contribution in [0, 0.1) is 0 Å². The predicted molar refractivity (Wildman–Crippen MR) is 123 cm³/mol. The molecule has 1 aliphatic carbocycles. The lowest BCUT2D eigenvalue weighted by Crippen LogP contribution is -2.00. The molecule has 0 bridgehead atoms. The molecule has 142 valence electrons. The van der Waals surface area contributed by atoms with E-state index in [0.29, 0.717) is 0 Å². The molecular weight excluding hydrogens is 364 g/mol. The highest BCUT2D eigenvalue weighted by Crippen LogP contribution is 2.41. The minimum atomic E-state index is 0.953. The Bertz CT molecular complexity index is 1360. The van der Waals surface area contributed by atoms with Crippen LogP contribution in [0.15, 0.2) is 109 Å². The third kappa shape index (κ3) is 2.61. The Kier molecular flexibility index (Phi) is 3.88. The van der Waals surface area contributed by atoms with Gasteiger partial charge in [0.05, 0.1) is 5.69 Å². The zero-order chi connectivity index (χ0) is 19.9. The molecule has 0 saturated carbocycles. The third-order valence-electron chi connectivity index (χ3n) is 5.98. The van der Waals surface area contributed by atoms with Crippen LogP contribution in [0.1, 0.15) is 11.1 Å². The lowest BCUT2D eigenvalue weighted by atomic mass is 10.00. The Balaban J connectivity index is 1.53. The van der Waals surface area contributed by atoms with Gasteiger partial charge in [0.15, 0.2) is 0 Å². The van der Waals surface area contributed by atoms with Crippen LogP contribution in [0.3, 0.4) is 0 Å². The van der Waals surface area contributed by atoms with Gasteiger partial charge in [-0.2, -0.15) is 0 Å². The molecule has 0 saturated heterocycles. The van der Waals surface area contributed by atoms with Gasteiger partial charge in [-0.15, -0.1) is 0 Å². The number of aromatic nitrogens is 2. The number of benzene rings is 4. The Labute approximate surface area is 176 Å². The fourth-order valence-electron chi connectivity index (χ4n) is 4.61. The summed E-state index contributed by atoms with van der Waals surface area (Å²) < 4.78 is 2.22. The number of hydrogen-bond acceptors (Lipinski definition) is 1. The normalized spacial score (nSPS) is 11.9. The molecular formula is C28H20N2. The van der Waals surface area contributed by atoms with Gasteiger partial charge in [-0.05, 0) is 40.3 Å². The van der Waals surface area contributed by atoms with E-state index in [9.17, 15) is 0 Å². The van der Waals surface area contributed by atoms with Gasteiger partial charge in [0.1, 0.15) is 5.82 Å². The van der Waals surface area contributed by atoms with E-state index in [-0.39, 0.29) is 0 Å². The smallest absolute Gasteiger partial charge is 0.144 e. The van der Waals surface area contributed by atoms with Crippen molar-refractivity contribution in [3.63, 3.8) is 0 Å². The first kappa shape index (κ1) is 17.0. The van der Waals surface area contributed by atoms with Crippen molar-refractivity contribution in [3.05, 3.63) is 121 Å². The molecule has 0 atom stereocenters. The van der Waals surface area contributed by atoms with E-state index in [2.05, 4.69) is 108 Å². The Morgan fingerprint density at radius 3 is 2.20 bits per heavy atom. The minimum Gasteiger partial charge on any atom is -0.299 e. The first-order valence-electron chi connectivity index (χ1n) is 10.3. The van der Waals surface area contributed by atoms with E-state index < -0.39 is 0 Å². The Morgan fingerprint density at radius 1 is 0.600 bits per heavy atom. The van der Waals surface area contributed by atoms with Crippen LogP contribution in [0.5, 0.6) is 0 Å². The summed E-state index contributed by atoms with van der Waals surface area (Å²) in [4.78, 5) is 4.80. The first-order valence-corrected chi connectivity index (χ1v) is 10.3. The minimum absolute atomic E-state index is 0.953. The van der Waals surface area contributed by atoms with Crippen molar-refractivity contribution in [3.8, 4) is 39.3 Å². The molecule has 0 spiro atoms. The maximum atomic E-state index is 4.80. The van der Waals surface area contributed by atoms with Gasteiger partial charge < -0.3 is 0 Å². The van der Waals surface area contributed by atoms with E-state index in [1.54, 1.807) is 0 Å². The number of para-hydroxylation sites is 1. The third-order valence-corrected chi connectivity index (χ3v) is 5.98. The fourth-order valence-corrected chi connectivity index (χ4v) is 4.61. The maximum Gasteiger partial charge on any atom is 0.144 e. The van der Waals surface area contributed by atoms with Crippen molar-refractivity contribution < 1.29 is 0 Å². The molecule has 0 amide bonds. The maximum absolute atomic E-state index is 4.80. The van der Waals surface area contributed by atoms with E-state index in [0.717, 1.165) is 17.9 Å². The van der Waals surface area contributed by atoms with Crippen molar-refractivity contribution in [1.82, 2.24) is 9.55 Å². The number of hydrogen-bond donors (Lipinski definition) is 0. The average Bonchev–Trinajstić information content (AvgIpc) is 3.44. The molecule has 1 heterocycles. The van der Waals surface area contributed by atoms with Crippen LogP contribution in [0.4, 0.5) is 0 Å². The quantitative estimate of drug-likeness (QED) is 0.329. The molecule has 0 fully saturated rings. The summed E-state index contributed by atoms with van der Waals surface area (Å²) in [5, 5.41) is 0. The average molecular weight is 384 g/mol. The van der Waals surface area contributed by atoms with Crippen LogP contribution < -0.4 is 0 Å². The highest BCUT2D eigenvalue weighted by molar-refractivity contribution is 5.84. The van der Waals surface area contributed by atoms with E-state index in [4.69, 9.17) is 4.98 Å². The number of rotatable bonds is 3. The summed E-state index contributed by atoms with van der Waals surface area (Å²) in [6.07, 6.45) is 4.92. The summed E-state index contributed by atoms with van der Waals surface area (Å²) in [7, 11) is 0. The highest BCUT2D eigenvalue weighted by atomic mass is 15.1. The number of nitrogens with zero attached hydrogens (tertiary/aromatic N) is 2. The molecule has 2 heteroatoms. The molecule has 6 rings (SSSR count). The summed E-state index contributed by atoms with van der Waals surface area (Å²) in [6.45, 7) is 0. The van der Waals surface area contributed by atoms with Crippen molar-refractivity contribution in [2.45, 2.75) is 6.42 Å². The van der Waals surface area contributed by atoms with Crippen LogP contribution in [-0.2, 0) is 6.42 Å². The molecule has 30 heavy (non-hydrogen) atoms. The van der Waals surface area contributed by atoms with Crippen LogP contribution in [0.25, 0.3) is 39.3 Å². The highest BCUT2D eigenvalue weighted by Gasteiger charge is 2.23. The van der Waals surface area contributed by atoms with Gasteiger partial charge in [-0.25, -0.2) is 4.98 Å². The second-order valence-corrected chi connectivity index (χ2v) is 7.67. The standard InChI is InChI=1S/C28H20N2/c1-2-9-20(10-3-1)23-13-6-7-16-27(23)30-18-17-29-28(30)25-15-8-14-24-22-12-5-4-11-21(22)19-26(24)25/h1-18H,19H2. The van der Waals surface area contributed by atoms with Gasteiger partial charge in [-0.3, -0.25) is 4.57 Å². The molecule has 1 aromatic heterocycles. The van der Waals surface area contributed by atoms with Crippen molar-refractivity contribution in [2.75, 3.05) is 0 Å². The monoisotopic (exact) mass is 384 g/mol. The molecule has 0 N–H and O–H groups in total. The van der Waals surface area contributed by atoms with Gasteiger partial charge in [0.25, 0.3) is 0 Å². The summed E-state index contributed by atoms with van der Waals surface area (Å²) in [6, 6.07) is 34.4. The molecule has 0 unspecified atom stereocenters. The Morgan fingerprint density at radius 2 is 1.30 bits per heavy atom. The molecule has 5 aromatic rings. The molecule has 1 aliphatic rings. The van der Waals surface area contributed by atoms with Crippen LogP contribution in [0.2, 0.25) is 0 Å². The molecule has 0 aliphatic heterocycles. The zero-order valence-corrected chi connectivity index (χ0v) is 16.5. The second kappa shape index (κ2) is 6.85. The molecule has 0 radical (unpaired) electrons. The topological polar surface area (TPSA) is 17.8 Å². The second-order valence-electron chi connectivity index (χ2n) is 7.67. The number of fused-ring (bicyclic) bond motifs is 3. The van der Waals surface area contributed by atoms with Crippen LogP contribution >= 0.6 is 0 Å². The van der Waals surface area contributed by atoms with Crippen molar-refractivity contribution >= 4 is 0 Å². The van der Waals surface area contributed by atoms with Crippen molar-refractivity contribution in [2.24, 2.45) is 0 Å². The first-order chi connectivity index (χ1) is 14.9. The van der Waals surface area contributed by atoms with Crippen LogP contribution in [-0.4, -0.2) is 9.55 Å². The van der Waals surface area contributed by atoms with E-state index in [1.165, 1.54) is 38.9 Å². The van der Waals surface area contributed by atoms with Gasteiger partial charge >= 0.3 is 0 Å². The number of imidazole rings is 1. The lowest BCUT2D eigenvalue weighted by Gasteiger charge is -2.15. The molecule has 4 aromatic carbocycles. The van der Waals surface area contributed by atoms with Gasteiger partial charge in [0.2, 0.25) is 0 Å². The van der Waals surface area contributed by atoms with Gasteiger partial charge in [-0.1, -0.05) is 91.0 Å². The SMILES string of the molecule is c1ccc(-c2ccccc2-n2ccnc2-c2cccc3c2Cc2ccccc2-3)cc1. The molecule has 2 nitrogen and oxygen atoms in total. The van der Waals surface area contributed by atoms with E-state index >= 15 is 0 Å². The summed E-state index contributed by atoms with van der Waals surface area (Å²) in [5.41, 5.74) is 10.2. The van der Waals surface area contributed by atoms with Crippen molar-refractivity contribution in [1.29, 1.82) is 0 Å². The summed E-state index contributed by atoms with van der Waals surface area (Å²) in [5.74, 6) is 0.989. The Hall–Kier alpha value is -3.91. The predicted octanol–water partition coefficient (Wildman–Crippen LogP) is 6.78. The van der Waals surface area contributed by atoms with Gasteiger partial charge in [0, 0.05) is 23.5 Å². The van der Waals surface area contributed by atoms with E-state index in [1.807, 2.05) is 6.20 Å². The summed E-state index contributed by atoms with van der Waals surface area (Å²) >= 11 is 0.